The Hall–Kier alpha value is -4.84. The molecule has 6 heteroatoms. The third kappa shape index (κ3) is 4.52. The van der Waals surface area contributed by atoms with Crippen molar-refractivity contribution in [1.82, 2.24) is 14.5 Å². The molecule has 0 spiro atoms. The lowest BCUT2D eigenvalue weighted by Gasteiger charge is -2.10. The number of hydrogen-bond acceptors (Lipinski definition) is 3. The zero-order chi connectivity index (χ0) is 25.9. The van der Waals surface area contributed by atoms with E-state index in [9.17, 15) is 9.90 Å². The third-order valence-electron chi connectivity index (χ3n) is 6.92. The zero-order valence-corrected chi connectivity index (χ0v) is 20.8. The van der Waals surface area contributed by atoms with Crippen molar-refractivity contribution in [2.75, 3.05) is 6.61 Å². The number of fused-ring (bicyclic) bond motifs is 2. The highest BCUT2D eigenvalue weighted by Crippen LogP contribution is 2.33. The summed E-state index contributed by atoms with van der Waals surface area (Å²) in [5.41, 5.74) is 4.87. The fourth-order valence-corrected chi connectivity index (χ4v) is 5.13. The molecule has 0 aliphatic carbocycles. The third-order valence-corrected chi connectivity index (χ3v) is 6.92. The van der Waals surface area contributed by atoms with E-state index in [1.807, 2.05) is 73.2 Å². The largest absolute Gasteiger partial charge is 0.493 e. The van der Waals surface area contributed by atoms with Crippen molar-refractivity contribution in [1.29, 1.82) is 0 Å². The number of benzene rings is 4. The van der Waals surface area contributed by atoms with E-state index in [1.165, 1.54) is 5.56 Å². The monoisotopic (exact) mass is 501 g/mol. The maximum atomic E-state index is 12.2. The quantitative estimate of drug-likeness (QED) is 0.210. The van der Waals surface area contributed by atoms with Crippen LogP contribution < -0.4 is 4.74 Å². The first-order valence-electron chi connectivity index (χ1n) is 12.7. The number of carboxylic acid groups (broad SMARTS) is 1. The molecule has 6 aromatic rings. The number of nitrogens with one attached hydrogen (secondary N) is 1. The first-order valence-corrected chi connectivity index (χ1v) is 12.7. The lowest BCUT2D eigenvalue weighted by molar-refractivity contribution is 0.0690. The molecule has 4 aromatic carbocycles. The van der Waals surface area contributed by atoms with Crippen LogP contribution in [-0.4, -0.2) is 32.2 Å². The van der Waals surface area contributed by atoms with Crippen molar-refractivity contribution in [3.05, 3.63) is 120 Å². The second-order valence-electron chi connectivity index (χ2n) is 9.33. The van der Waals surface area contributed by atoms with E-state index in [0.29, 0.717) is 26.0 Å². The Kier molecular flexibility index (Phi) is 6.36. The van der Waals surface area contributed by atoms with Crippen molar-refractivity contribution in [2.24, 2.45) is 0 Å². The van der Waals surface area contributed by atoms with Crippen LogP contribution in [0.4, 0.5) is 0 Å². The van der Waals surface area contributed by atoms with Crippen LogP contribution in [0.15, 0.2) is 104 Å². The van der Waals surface area contributed by atoms with Crippen molar-refractivity contribution in [3.8, 4) is 17.0 Å². The number of aromatic nitrogens is 3. The van der Waals surface area contributed by atoms with Gasteiger partial charge in [-0.05, 0) is 35.4 Å². The highest BCUT2D eigenvalue weighted by molar-refractivity contribution is 6.02. The van der Waals surface area contributed by atoms with Gasteiger partial charge < -0.3 is 19.4 Å². The van der Waals surface area contributed by atoms with Crippen LogP contribution in [0.1, 0.15) is 28.0 Å². The first-order chi connectivity index (χ1) is 18.7. The average Bonchev–Trinajstić information content (AvgIpc) is 3.56. The molecular weight excluding hydrogens is 474 g/mol. The van der Waals surface area contributed by atoms with Gasteiger partial charge in [-0.3, -0.25) is 0 Å². The lowest BCUT2D eigenvalue weighted by atomic mass is 10.0. The molecule has 6 nitrogen and oxygen atoms in total. The smallest absolute Gasteiger partial charge is 0.352 e. The maximum Gasteiger partial charge on any atom is 0.352 e. The Morgan fingerprint density at radius 1 is 0.895 bits per heavy atom. The number of ether oxygens (including phenoxy) is 1. The van der Waals surface area contributed by atoms with Crippen molar-refractivity contribution in [2.45, 2.75) is 19.4 Å². The summed E-state index contributed by atoms with van der Waals surface area (Å²) in [5.74, 6) is -0.121. The summed E-state index contributed by atoms with van der Waals surface area (Å²) in [6.07, 6.45) is 4.91. The van der Waals surface area contributed by atoms with Crippen LogP contribution in [0.3, 0.4) is 0 Å². The highest BCUT2D eigenvalue weighted by Gasteiger charge is 2.20. The second kappa shape index (κ2) is 10.3. The van der Waals surface area contributed by atoms with E-state index in [0.717, 1.165) is 44.2 Å². The number of aryl methyl sites for hydroxylation is 1. The number of imidazole rings is 1. The second-order valence-corrected chi connectivity index (χ2v) is 9.33. The Bertz CT molecular complexity index is 1730. The summed E-state index contributed by atoms with van der Waals surface area (Å²) >= 11 is 0. The molecule has 2 N–H and O–H groups in total. The summed E-state index contributed by atoms with van der Waals surface area (Å²) in [5, 5.41) is 13.1. The molecule has 0 fully saturated rings. The fraction of sp³-hybridized carbons (Fsp3) is 0.125. The van der Waals surface area contributed by atoms with E-state index < -0.39 is 5.97 Å². The number of hydrogen-bond donors (Lipinski definition) is 2. The highest BCUT2D eigenvalue weighted by atomic mass is 16.5. The van der Waals surface area contributed by atoms with Gasteiger partial charge in [-0.2, -0.15) is 0 Å². The minimum Gasteiger partial charge on any atom is -0.493 e. The van der Waals surface area contributed by atoms with Crippen LogP contribution in [-0.2, 0) is 13.0 Å². The summed E-state index contributed by atoms with van der Waals surface area (Å²) in [6.45, 7) is 1.17. The van der Waals surface area contributed by atoms with Gasteiger partial charge in [0.15, 0.2) is 0 Å². The zero-order valence-electron chi connectivity index (χ0n) is 20.8. The van der Waals surface area contributed by atoms with Gasteiger partial charge in [0.05, 0.1) is 30.3 Å². The van der Waals surface area contributed by atoms with Gasteiger partial charge in [-0.1, -0.05) is 84.9 Å². The molecule has 0 atom stereocenters. The van der Waals surface area contributed by atoms with Gasteiger partial charge in [0.25, 0.3) is 0 Å². The standard InChI is InChI=1S/C32H27N3O3/c36-32(37)31-26(16-8-18-38-29-17-6-12-23-11-4-5-13-24(23)29)25-14-7-15-27(30(25)34-31)28-19-33-21-35(28)20-22-9-2-1-3-10-22/h1-7,9-15,17,19,21,34H,8,16,18,20H2,(H,36,37). The molecule has 0 amide bonds. The molecule has 0 aliphatic rings. The molecule has 0 bridgehead atoms. The summed E-state index contributed by atoms with van der Waals surface area (Å²) in [7, 11) is 0. The molecule has 188 valence electrons. The summed E-state index contributed by atoms with van der Waals surface area (Å²) in [6, 6.07) is 30.4. The average molecular weight is 502 g/mol. The number of aromatic carboxylic acids is 1. The Labute approximate surface area is 220 Å². The van der Waals surface area contributed by atoms with Gasteiger partial charge in [-0.25, -0.2) is 9.78 Å². The van der Waals surface area contributed by atoms with Gasteiger partial charge in [0.2, 0.25) is 0 Å². The van der Waals surface area contributed by atoms with Crippen LogP contribution in [0.25, 0.3) is 32.9 Å². The molecule has 0 unspecified atom stereocenters. The molecule has 0 saturated carbocycles. The van der Waals surface area contributed by atoms with E-state index >= 15 is 0 Å². The number of nitrogens with zero attached hydrogens (tertiary/aromatic N) is 2. The van der Waals surface area contributed by atoms with E-state index in [2.05, 4.69) is 44.9 Å². The fourth-order valence-electron chi connectivity index (χ4n) is 5.13. The molecule has 38 heavy (non-hydrogen) atoms. The molecular formula is C32H27N3O3. The van der Waals surface area contributed by atoms with Gasteiger partial charge >= 0.3 is 5.97 Å². The van der Waals surface area contributed by atoms with Crippen molar-refractivity contribution >= 4 is 27.6 Å². The SMILES string of the molecule is O=C(O)c1[nH]c2c(-c3cncn3Cc3ccccc3)cccc2c1CCCOc1cccc2ccccc12. The number of carbonyl (C=O) groups is 1. The van der Waals surface area contributed by atoms with Gasteiger partial charge in [0.1, 0.15) is 11.4 Å². The lowest BCUT2D eigenvalue weighted by Crippen LogP contribution is -2.04. The van der Waals surface area contributed by atoms with Crippen LogP contribution in [0.2, 0.25) is 0 Å². The predicted molar refractivity (Wildman–Crippen MR) is 150 cm³/mol. The molecule has 2 heterocycles. The summed E-state index contributed by atoms with van der Waals surface area (Å²) in [4.78, 5) is 19.8. The van der Waals surface area contributed by atoms with E-state index in [1.54, 1.807) is 0 Å². The Morgan fingerprint density at radius 3 is 2.53 bits per heavy atom. The summed E-state index contributed by atoms with van der Waals surface area (Å²) < 4.78 is 8.20. The minimum absolute atomic E-state index is 0.228. The molecule has 0 radical (unpaired) electrons. The van der Waals surface area contributed by atoms with Gasteiger partial charge in [0, 0.05) is 22.9 Å². The maximum absolute atomic E-state index is 12.2. The molecule has 0 aliphatic heterocycles. The van der Waals surface area contributed by atoms with Gasteiger partial charge in [-0.15, -0.1) is 0 Å². The van der Waals surface area contributed by atoms with Crippen molar-refractivity contribution < 1.29 is 14.6 Å². The predicted octanol–water partition coefficient (Wildman–Crippen LogP) is 6.94. The normalized spacial score (nSPS) is 11.3. The van der Waals surface area contributed by atoms with Crippen molar-refractivity contribution in [3.63, 3.8) is 0 Å². The number of aromatic amines is 1. The Balaban J connectivity index is 1.27. The number of carboxylic acids is 1. The Morgan fingerprint density at radius 2 is 1.66 bits per heavy atom. The molecule has 2 aromatic heterocycles. The topological polar surface area (TPSA) is 80.1 Å². The van der Waals surface area contributed by atoms with Crippen LogP contribution in [0.5, 0.6) is 5.75 Å². The molecule has 6 rings (SSSR count). The van der Waals surface area contributed by atoms with Crippen LogP contribution >= 0.6 is 0 Å². The first kappa shape index (κ1) is 23.6. The minimum atomic E-state index is -0.963. The van der Waals surface area contributed by atoms with E-state index in [-0.39, 0.29) is 5.69 Å². The van der Waals surface area contributed by atoms with Crippen LogP contribution in [0, 0.1) is 0 Å². The number of rotatable bonds is 9. The van der Waals surface area contributed by atoms with E-state index in [4.69, 9.17) is 4.74 Å². The molecule has 0 saturated heterocycles. The number of para-hydroxylation sites is 1. The number of H-pyrrole nitrogens is 1.